The number of carbonyl (C=O) groups excluding carboxylic acids is 2. The molecule has 0 radical (unpaired) electrons. The van der Waals surface area contributed by atoms with Gasteiger partial charge in [0.1, 0.15) is 0 Å². The van der Waals surface area contributed by atoms with Crippen molar-refractivity contribution in [3.8, 4) is 0 Å². The number of nitrogens with zero attached hydrogens (tertiary/aromatic N) is 2. The van der Waals surface area contributed by atoms with Crippen LogP contribution in [-0.4, -0.2) is 70.1 Å². The van der Waals surface area contributed by atoms with Crippen molar-refractivity contribution in [2.24, 2.45) is 0 Å². The summed E-state index contributed by atoms with van der Waals surface area (Å²) in [5.74, 6) is -2.38. The molecular formula is C11H18N2O5. The SMILES string of the molecule is CCCN1CCN(CC(O)CC(=O)O)C(=O)C1=O. The Kier molecular flexibility index (Phi) is 5.08. The molecule has 0 saturated carbocycles. The van der Waals surface area contributed by atoms with Crippen molar-refractivity contribution in [3.05, 3.63) is 0 Å². The summed E-state index contributed by atoms with van der Waals surface area (Å²) in [7, 11) is 0. The normalized spacial score (nSPS) is 18.1. The highest BCUT2D eigenvalue weighted by Gasteiger charge is 2.32. The third-order valence-electron chi connectivity index (χ3n) is 2.73. The Hall–Kier alpha value is -1.63. The highest BCUT2D eigenvalue weighted by atomic mass is 16.4. The van der Waals surface area contributed by atoms with Gasteiger partial charge in [0.05, 0.1) is 12.5 Å². The average molecular weight is 258 g/mol. The summed E-state index contributed by atoms with van der Waals surface area (Å²) in [6.07, 6.45) is -0.797. The van der Waals surface area contributed by atoms with Crippen LogP contribution in [0.15, 0.2) is 0 Å². The topological polar surface area (TPSA) is 98.2 Å². The highest BCUT2D eigenvalue weighted by Crippen LogP contribution is 2.07. The zero-order valence-corrected chi connectivity index (χ0v) is 10.3. The Labute approximate surface area is 105 Å². The summed E-state index contributed by atoms with van der Waals surface area (Å²) in [5.41, 5.74) is 0. The Morgan fingerprint density at radius 3 is 2.39 bits per heavy atom. The van der Waals surface area contributed by atoms with Gasteiger partial charge in [0.2, 0.25) is 0 Å². The largest absolute Gasteiger partial charge is 0.481 e. The van der Waals surface area contributed by atoms with Gasteiger partial charge in [0, 0.05) is 26.2 Å². The fourth-order valence-electron chi connectivity index (χ4n) is 1.89. The number of rotatable bonds is 6. The molecule has 0 aliphatic carbocycles. The van der Waals surface area contributed by atoms with Crippen LogP contribution in [0.4, 0.5) is 0 Å². The molecule has 2 amide bonds. The van der Waals surface area contributed by atoms with Gasteiger partial charge in [0.25, 0.3) is 0 Å². The number of aliphatic hydroxyl groups excluding tert-OH is 1. The van der Waals surface area contributed by atoms with Crippen molar-refractivity contribution in [3.63, 3.8) is 0 Å². The Bertz CT molecular complexity index is 344. The van der Waals surface area contributed by atoms with Crippen LogP contribution in [0, 0.1) is 0 Å². The summed E-state index contributed by atoms with van der Waals surface area (Å²) < 4.78 is 0. The number of carboxylic acid groups (broad SMARTS) is 1. The molecule has 1 rings (SSSR count). The summed E-state index contributed by atoms with van der Waals surface area (Å²) in [6.45, 7) is 3.10. The first-order valence-corrected chi connectivity index (χ1v) is 5.93. The summed E-state index contributed by atoms with van der Waals surface area (Å²) in [5, 5.41) is 18.0. The van der Waals surface area contributed by atoms with E-state index in [2.05, 4.69) is 0 Å². The van der Waals surface area contributed by atoms with Crippen LogP contribution in [0.5, 0.6) is 0 Å². The fourth-order valence-corrected chi connectivity index (χ4v) is 1.89. The number of β-amino-alcohol motifs (C(OH)–C–C–N with tert-alkyl or cyclic N) is 1. The van der Waals surface area contributed by atoms with Crippen LogP contribution in [0.2, 0.25) is 0 Å². The molecule has 1 unspecified atom stereocenters. The summed E-state index contributed by atoms with van der Waals surface area (Å²) in [6, 6.07) is 0. The Morgan fingerprint density at radius 1 is 1.28 bits per heavy atom. The van der Waals surface area contributed by atoms with Gasteiger partial charge in [0.15, 0.2) is 0 Å². The molecular weight excluding hydrogens is 240 g/mol. The molecule has 2 N–H and O–H groups in total. The second-order valence-corrected chi connectivity index (χ2v) is 4.30. The molecule has 1 saturated heterocycles. The molecule has 0 aromatic heterocycles. The average Bonchev–Trinajstić information content (AvgIpc) is 2.28. The fraction of sp³-hybridized carbons (Fsp3) is 0.727. The van der Waals surface area contributed by atoms with E-state index in [4.69, 9.17) is 5.11 Å². The first-order valence-electron chi connectivity index (χ1n) is 5.93. The van der Waals surface area contributed by atoms with Gasteiger partial charge in [-0.2, -0.15) is 0 Å². The predicted molar refractivity (Wildman–Crippen MR) is 61.7 cm³/mol. The van der Waals surface area contributed by atoms with Crippen LogP contribution in [0.1, 0.15) is 19.8 Å². The highest BCUT2D eigenvalue weighted by molar-refractivity contribution is 6.35. The maximum atomic E-state index is 11.7. The number of aliphatic carboxylic acids is 1. The molecule has 1 fully saturated rings. The van der Waals surface area contributed by atoms with Crippen LogP contribution in [-0.2, 0) is 14.4 Å². The molecule has 102 valence electrons. The van der Waals surface area contributed by atoms with Gasteiger partial charge in [-0.1, -0.05) is 6.92 Å². The van der Waals surface area contributed by atoms with E-state index in [-0.39, 0.29) is 6.54 Å². The second-order valence-electron chi connectivity index (χ2n) is 4.30. The van der Waals surface area contributed by atoms with Crippen molar-refractivity contribution in [1.82, 2.24) is 9.80 Å². The molecule has 1 aliphatic rings. The van der Waals surface area contributed by atoms with E-state index in [1.807, 2.05) is 6.92 Å². The maximum Gasteiger partial charge on any atom is 0.312 e. The van der Waals surface area contributed by atoms with E-state index in [9.17, 15) is 19.5 Å². The molecule has 1 aliphatic heterocycles. The molecule has 0 aromatic rings. The molecule has 1 atom stereocenters. The second kappa shape index (κ2) is 6.34. The van der Waals surface area contributed by atoms with E-state index in [1.165, 1.54) is 9.80 Å². The smallest absolute Gasteiger partial charge is 0.312 e. The number of amides is 2. The zero-order chi connectivity index (χ0) is 13.7. The van der Waals surface area contributed by atoms with E-state index < -0.39 is 30.3 Å². The number of hydrogen-bond donors (Lipinski definition) is 2. The first kappa shape index (κ1) is 14.4. The Balaban J connectivity index is 2.53. The third-order valence-corrected chi connectivity index (χ3v) is 2.73. The lowest BCUT2D eigenvalue weighted by Crippen LogP contribution is -2.55. The van der Waals surface area contributed by atoms with E-state index in [1.54, 1.807) is 0 Å². The number of hydrogen-bond acceptors (Lipinski definition) is 4. The minimum absolute atomic E-state index is 0.114. The molecule has 7 nitrogen and oxygen atoms in total. The van der Waals surface area contributed by atoms with E-state index in [0.29, 0.717) is 19.6 Å². The third kappa shape index (κ3) is 3.69. The van der Waals surface area contributed by atoms with Gasteiger partial charge in [-0.15, -0.1) is 0 Å². The monoisotopic (exact) mass is 258 g/mol. The van der Waals surface area contributed by atoms with Gasteiger partial charge in [-0.05, 0) is 6.42 Å². The minimum atomic E-state index is -1.14. The number of carbonyl (C=O) groups is 3. The van der Waals surface area contributed by atoms with Crippen molar-refractivity contribution < 1.29 is 24.6 Å². The Morgan fingerprint density at radius 2 is 1.83 bits per heavy atom. The number of aliphatic hydroxyl groups is 1. The van der Waals surface area contributed by atoms with E-state index >= 15 is 0 Å². The van der Waals surface area contributed by atoms with Gasteiger partial charge in [-0.25, -0.2) is 0 Å². The molecule has 18 heavy (non-hydrogen) atoms. The quantitative estimate of drug-likeness (QED) is 0.589. The summed E-state index contributed by atoms with van der Waals surface area (Å²) >= 11 is 0. The first-order chi connectivity index (χ1) is 8.45. The molecule has 0 spiro atoms. The predicted octanol–water partition coefficient (Wildman–Crippen LogP) is -1.10. The number of carboxylic acids is 1. The molecule has 1 heterocycles. The lowest BCUT2D eigenvalue weighted by molar-refractivity contribution is -0.157. The van der Waals surface area contributed by atoms with E-state index in [0.717, 1.165) is 6.42 Å². The minimum Gasteiger partial charge on any atom is -0.481 e. The lowest BCUT2D eigenvalue weighted by atomic mass is 10.2. The zero-order valence-electron chi connectivity index (χ0n) is 10.3. The number of piperazine rings is 1. The van der Waals surface area contributed by atoms with Crippen molar-refractivity contribution in [2.75, 3.05) is 26.2 Å². The van der Waals surface area contributed by atoms with Crippen molar-refractivity contribution in [2.45, 2.75) is 25.9 Å². The van der Waals surface area contributed by atoms with Crippen molar-refractivity contribution in [1.29, 1.82) is 0 Å². The molecule has 0 bridgehead atoms. The van der Waals surface area contributed by atoms with Crippen LogP contribution >= 0.6 is 0 Å². The van der Waals surface area contributed by atoms with Crippen LogP contribution in [0.3, 0.4) is 0 Å². The summed E-state index contributed by atoms with van der Waals surface area (Å²) in [4.78, 5) is 36.5. The maximum absolute atomic E-state index is 11.7. The van der Waals surface area contributed by atoms with Crippen LogP contribution in [0.25, 0.3) is 0 Å². The van der Waals surface area contributed by atoms with Gasteiger partial charge < -0.3 is 20.0 Å². The standard InChI is InChI=1S/C11H18N2O5/c1-2-3-12-4-5-13(11(18)10(12)17)7-8(14)6-9(15)16/h8,14H,2-7H2,1H3,(H,15,16). The molecule has 7 heteroatoms. The van der Waals surface area contributed by atoms with Crippen LogP contribution < -0.4 is 0 Å². The van der Waals surface area contributed by atoms with Gasteiger partial charge in [-0.3, -0.25) is 14.4 Å². The molecule has 0 aromatic carbocycles. The lowest BCUT2D eigenvalue weighted by Gasteiger charge is -2.34. The van der Waals surface area contributed by atoms with Gasteiger partial charge >= 0.3 is 17.8 Å². The van der Waals surface area contributed by atoms with Crippen molar-refractivity contribution >= 4 is 17.8 Å².